The second-order valence-electron chi connectivity index (χ2n) is 5.89. The van der Waals surface area contributed by atoms with Crippen molar-refractivity contribution in [2.75, 3.05) is 23.7 Å². The molecule has 1 aromatic carbocycles. The molecule has 5 nitrogen and oxygen atoms in total. The Morgan fingerprint density at radius 1 is 1.10 bits per heavy atom. The fraction of sp³-hybridized carbons (Fsp3) is 0.467. The molecule has 1 aliphatic heterocycles. The topological polar surface area (TPSA) is 75.3 Å². The number of hydrogen-bond donors (Lipinski definition) is 2. The Morgan fingerprint density at radius 3 is 2.60 bits per heavy atom. The smallest absolute Gasteiger partial charge is 0.172 e. The molecule has 1 saturated heterocycles. The molecule has 1 saturated carbocycles. The first-order chi connectivity index (χ1) is 9.72. The van der Waals surface area contributed by atoms with Crippen LogP contribution in [0.4, 0.5) is 11.6 Å². The number of nitrogens with zero attached hydrogens (tertiary/aromatic N) is 3. The summed E-state index contributed by atoms with van der Waals surface area (Å²) in [6.07, 6.45) is 1.87. The van der Waals surface area contributed by atoms with E-state index in [1.165, 1.54) is 0 Å². The van der Waals surface area contributed by atoms with Crippen LogP contribution in [0.15, 0.2) is 24.3 Å². The highest BCUT2D eigenvalue weighted by Gasteiger charge is 2.42. The molecule has 0 radical (unpaired) electrons. The lowest BCUT2D eigenvalue weighted by atomic mass is 10.00. The number of aliphatic hydroxyl groups is 1. The summed E-state index contributed by atoms with van der Waals surface area (Å²) in [5.74, 6) is 2.18. The van der Waals surface area contributed by atoms with Crippen molar-refractivity contribution in [1.29, 1.82) is 0 Å². The van der Waals surface area contributed by atoms with E-state index in [1.807, 2.05) is 24.3 Å². The van der Waals surface area contributed by atoms with Gasteiger partial charge in [-0.2, -0.15) is 0 Å². The van der Waals surface area contributed by atoms with Crippen molar-refractivity contribution in [3.05, 3.63) is 24.3 Å². The molecule has 3 unspecified atom stereocenters. The van der Waals surface area contributed by atoms with Crippen molar-refractivity contribution in [2.24, 2.45) is 11.8 Å². The molecule has 3 N–H and O–H groups in total. The molecule has 0 bridgehead atoms. The summed E-state index contributed by atoms with van der Waals surface area (Å²) >= 11 is 0. The molecule has 2 aromatic rings. The predicted molar refractivity (Wildman–Crippen MR) is 78.4 cm³/mol. The van der Waals surface area contributed by atoms with E-state index in [0.29, 0.717) is 17.7 Å². The number of rotatable bonds is 1. The molecule has 0 amide bonds. The van der Waals surface area contributed by atoms with Gasteiger partial charge in [-0.15, -0.1) is 0 Å². The fourth-order valence-corrected chi connectivity index (χ4v) is 3.65. The van der Waals surface area contributed by atoms with Gasteiger partial charge in [-0.3, -0.25) is 0 Å². The Bertz CT molecular complexity index is 659. The van der Waals surface area contributed by atoms with Crippen LogP contribution in [0.2, 0.25) is 0 Å². The Kier molecular flexibility index (Phi) is 2.57. The maximum absolute atomic E-state index is 10.0. The first-order valence-electron chi connectivity index (χ1n) is 7.17. The van der Waals surface area contributed by atoms with Crippen LogP contribution in [0, 0.1) is 11.8 Å². The van der Waals surface area contributed by atoms with E-state index in [0.717, 1.165) is 42.8 Å². The maximum Gasteiger partial charge on any atom is 0.172 e. The number of benzene rings is 1. The van der Waals surface area contributed by atoms with Crippen LogP contribution in [0.5, 0.6) is 0 Å². The molecule has 2 heterocycles. The van der Waals surface area contributed by atoms with E-state index in [9.17, 15) is 5.11 Å². The van der Waals surface area contributed by atoms with E-state index >= 15 is 0 Å². The minimum atomic E-state index is -0.167. The predicted octanol–water partition coefficient (Wildman–Crippen LogP) is 1.42. The van der Waals surface area contributed by atoms with Crippen molar-refractivity contribution < 1.29 is 5.11 Å². The largest absolute Gasteiger partial charge is 0.393 e. The quantitative estimate of drug-likeness (QED) is 0.819. The van der Waals surface area contributed by atoms with Crippen molar-refractivity contribution in [3.63, 3.8) is 0 Å². The molecular weight excluding hydrogens is 252 g/mol. The van der Waals surface area contributed by atoms with Gasteiger partial charge < -0.3 is 15.7 Å². The van der Waals surface area contributed by atoms with Gasteiger partial charge >= 0.3 is 0 Å². The van der Waals surface area contributed by atoms with Gasteiger partial charge in [0.05, 0.1) is 17.1 Å². The minimum absolute atomic E-state index is 0.167. The van der Waals surface area contributed by atoms with Crippen molar-refractivity contribution in [3.8, 4) is 0 Å². The molecule has 5 heteroatoms. The summed E-state index contributed by atoms with van der Waals surface area (Å²) in [5.41, 5.74) is 7.77. The van der Waals surface area contributed by atoms with Gasteiger partial charge in [0.2, 0.25) is 0 Å². The second kappa shape index (κ2) is 4.31. The number of hydrogen-bond acceptors (Lipinski definition) is 5. The third kappa shape index (κ3) is 1.73. The van der Waals surface area contributed by atoms with Crippen molar-refractivity contribution in [1.82, 2.24) is 9.97 Å². The normalized spacial score (nSPS) is 29.1. The van der Waals surface area contributed by atoms with Crippen LogP contribution in [0.25, 0.3) is 11.0 Å². The fourth-order valence-electron chi connectivity index (χ4n) is 3.65. The van der Waals surface area contributed by atoms with Crippen LogP contribution >= 0.6 is 0 Å². The van der Waals surface area contributed by atoms with E-state index in [1.54, 1.807) is 0 Å². The lowest BCUT2D eigenvalue weighted by Gasteiger charge is -2.20. The van der Waals surface area contributed by atoms with Gasteiger partial charge in [-0.25, -0.2) is 9.97 Å². The third-order valence-corrected chi connectivity index (χ3v) is 4.70. The Balaban J connectivity index is 1.71. The lowest BCUT2D eigenvalue weighted by molar-refractivity contribution is 0.133. The summed E-state index contributed by atoms with van der Waals surface area (Å²) in [6.45, 7) is 1.77. The van der Waals surface area contributed by atoms with Gasteiger partial charge in [0.1, 0.15) is 0 Å². The minimum Gasteiger partial charge on any atom is -0.393 e. The molecule has 2 fully saturated rings. The van der Waals surface area contributed by atoms with E-state index < -0.39 is 0 Å². The van der Waals surface area contributed by atoms with Crippen molar-refractivity contribution >= 4 is 22.7 Å². The van der Waals surface area contributed by atoms with Crippen LogP contribution in [-0.4, -0.2) is 34.3 Å². The summed E-state index contributed by atoms with van der Waals surface area (Å²) in [7, 11) is 0. The average molecular weight is 270 g/mol. The molecule has 2 aliphatic rings. The monoisotopic (exact) mass is 270 g/mol. The zero-order valence-corrected chi connectivity index (χ0v) is 11.2. The highest BCUT2D eigenvalue weighted by Crippen LogP contribution is 2.40. The van der Waals surface area contributed by atoms with Crippen LogP contribution in [-0.2, 0) is 0 Å². The number of nitrogen functional groups attached to an aromatic ring is 1. The molecule has 3 atom stereocenters. The first-order valence-corrected chi connectivity index (χ1v) is 7.17. The summed E-state index contributed by atoms with van der Waals surface area (Å²) < 4.78 is 0. The van der Waals surface area contributed by atoms with Crippen LogP contribution < -0.4 is 10.6 Å². The van der Waals surface area contributed by atoms with E-state index in [4.69, 9.17) is 5.73 Å². The molecule has 1 aliphatic carbocycles. The van der Waals surface area contributed by atoms with Crippen LogP contribution in [0.3, 0.4) is 0 Å². The van der Waals surface area contributed by atoms with Gasteiger partial charge in [0.25, 0.3) is 0 Å². The Hall–Kier alpha value is -1.88. The van der Waals surface area contributed by atoms with Gasteiger partial charge in [-0.1, -0.05) is 12.1 Å². The summed E-state index contributed by atoms with van der Waals surface area (Å²) in [6, 6.07) is 7.77. The SMILES string of the molecule is Nc1nc2ccccc2nc1N1CC2CCC(O)C2C1. The zero-order chi connectivity index (χ0) is 13.7. The van der Waals surface area contributed by atoms with Gasteiger partial charge in [0.15, 0.2) is 11.6 Å². The third-order valence-electron chi connectivity index (χ3n) is 4.70. The Labute approximate surface area is 117 Å². The summed E-state index contributed by atoms with van der Waals surface area (Å²) in [5, 5.41) is 10.0. The number of nitrogens with two attached hydrogens (primary N) is 1. The lowest BCUT2D eigenvalue weighted by Crippen LogP contribution is -2.26. The Morgan fingerprint density at radius 2 is 1.85 bits per heavy atom. The molecule has 4 rings (SSSR count). The second-order valence-corrected chi connectivity index (χ2v) is 5.89. The van der Waals surface area contributed by atoms with Gasteiger partial charge in [-0.05, 0) is 30.9 Å². The van der Waals surface area contributed by atoms with E-state index in [-0.39, 0.29) is 6.10 Å². The molecule has 104 valence electrons. The number of aromatic nitrogens is 2. The number of anilines is 2. The number of para-hydroxylation sites is 2. The molecular formula is C15H18N4O. The first kappa shape index (κ1) is 11.9. The summed E-state index contributed by atoms with van der Waals surface area (Å²) in [4.78, 5) is 11.3. The highest BCUT2D eigenvalue weighted by atomic mass is 16.3. The molecule has 0 spiro atoms. The van der Waals surface area contributed by atoms with Crippen LogP contribution in [0.1, 0.15) is 12.8 Å². The average Bonchev–Trinajstić information content (AvgIpc) is 3.01. The number of fused-ring (bicyclic) bond motifs is 2. The molecule has 1 aromatic heterocycles. The zero-order valence-electron chi connectivity index (χ0n) is 11.2. The standard InChI is InChI=1S/C15H18N4O/c16-14-15(18-12-4-2-1-3-11(12)17-14)19-7-9-5-6-13(20)10(9)8-19/h1-4,9-10,13,20H,5-8H2,(H2,16,17). The highest BCUT2D eigenvalue weighted by molar-refractivity contribution is 5.79. The van der Waals surface area contributed by atoms with Gasteiger partial charge in [0, 0.05) is 19.0 Å². The maximum atomic E-state index is 10.0. The molecule has 20 heavy (non-hydrogen) atoms. The van der Waals surface area contributed by atoms with E-state index in [2.05, 4.69) is 14.9 Å². The van der Waals surface area contributed by atoms with Crippen molar-refractivity contribution in [2.45, 2.75) is 18.9 Å². The number of aliphatic hydroxyl groups excluding tert-OH is 1.